The van der Waals surface area contributed by atoms with Crippen LogP contribution < -0.4 is 0 Å². The Labute approximate surface area is 93.1 Å². The van der Waals surface area contributed by atoms with Crippen LogP contribution in [0.1, 0.15) is 25.0 Å². The third-order valence-corrected chi connectivity index (χ3v) is 3.16. The Bertz CT molecular complexity index is 315. The van der Waals surface area contributed by atoms with E-state index in [1.54, 1.807) is 13.0 Å². The first-order chi connectivity index (χ1) is 7.15. The molecule has 1 atom stereocenters. The van der Waals surface area contributed by atoms with E-state index in [9.17, 15) is 9.50 Å². The normalized spacial score (nSPS) is 12.8. The van der Waals surface area contributed by atoms with Crippen LogP contribution in [0.5, 0.6) is 0 Å². The van der Waals surface area contributed by atoms with Crippen LogP contribution in [0.2, 0.25) is 0 Å². The zero-order valence-corrected chi connectivity index (χ0v) is 9.43. The minimum atomic E-state index is -0.669. The summed E-state index contributed by atoms with van der Waals surface area (Å²) < 4.78 is 12.9. The number of halogens is 1. The van der Waals surface area contributed by atoms with E-state index in [-0.39, 0.29) is 12.4 Å². The van der Waals surface area contributed by atoms with Crippen molar-refractivity contribution in [3.05, 3.63) is 29.6 Å². The maximum atomic E-state index is 12.9. The Morgan fingerprint density at radius 1 is 1.47 bits per heavy atom. The van der Waals surface area contributed by atoms with Gasteiger partial charge in [-0.05, 0) is 37.1 Å². The number of hydrogen-bond acceptors (Lipinski definition) is 3. The van der Waals surface area contributed by atoms with Crippen LogP contribution in [-0.4, -0.2) is 22.6 Å². The van der Waals surface area contributed by atoms with Crippen LogP contribution in [0.4, 0.5) is 4.39 Å². The molecule has 84 valence electrons. The molecule has 1 aromatic carbocycles. The van der Waals surface area contributed by atoms with E-state index in [2.05, 4.69) is 0 Å². The second-order valence-corrected chi connectivity index (χ2v) is 4.42. The number of benzene rings is 1. The highest BCUT2D eigenvalue weighted by Gasteiger charge is 2.09. The van der Waals surface area contributed by atoms with Crippen molar-refractivity contribution in [2.75, 3.05) is 12.4 Å². The van der Waals surface area contributed by atoms with E-state index in [0.29, 0.717) is 12.0 Å². The maximum Gasteiger partial charge on any atom is 0.123 e. The highest BCUT2D eigenvalue weighted by atomic mass is 32.2. The van der Waals surface area contributed by atoms with Crippen LogP contribution in [0.15, 0.2) is 23.1 Å². The summed E-state index contributed by atoms with van der Waals surface area (Å²) in [5.74, 6) is 0.430. The van der Waals surface area contributed by atoms with Crippen LogP contribution in [-0.2, 0) is 0 Å². The Morgan fingerprint density at radius 3 is 2.80 bits per heavy atom. The molecule has 0 aliphatic carbocycles. The summed E-state index contributed by atoms with van der Waals surface area (Å²) in [5, 5.41) is 18.1. The first kappa shape index (κ1) is 12.5. The van der Waals surface area contributed by atoms with Gasteiger partial charge >= 0.3 is 0 Å². The first-order valence-electron chi connectivity index (χ1n) is 4.86. The predicted molar refractivity (Wildman–Crippen MR) is 59.5 cm³/mol. The van der Waals surface area contributed by atoms with Crippen molar-refractivity contribution < 1.29 is 14.6 Å². The summed E-state index contributed by atoms with van der Waals surface area (Å²) in [7, 11) is 0. The second-order valence-electron chi connectivity index (χ2n) is 3.28. The molecule has 0 radical (unpaired) electrons. The smallest absolute Gasteiger partial charge is 0.123 e. The van der Waals surface area contributed by atoms with Crippen molar-refractivity contribution in [1.82, 2.24) is 0 Å². The molecule has 0 fully saturated rings. The van der Waals surface area contributed by atoms with Crippen molar-refractivity contribution >= 4 is 11.8 Å². The lowest BCUT2D eigenvalue weighted by Crippen LogP contribution is -1.96. The van der Waals surface area contributed by atoms with Gasteiger partial charge in [0.2, 0.25) is 0 Å². The predicted octanol–water partition coefficient (Wildman–Crippen LogP) is 2.35. The molecule has 0 bridgehead atoms. The molecule has 0 unspecified atom stereocenters. The van der Waals surface area contributed by atoms with Gasteiger partial charge in [0.1, 0.15) is 5.82 Å². The lowest BCUT2D eigenvalue weighted by atomic mass is 10.1. The summed E-state index contributed by atoms with van der Waals surface area (Å²) in [6.45, 7) is 1.77. The molecular formula is C11H15FO2S. The number of aliphatic hydroxyl groups excluding tert-OH is 2. The molecule has 1 rings (SSSR count). The van der Waals surface area contributed by atoms with Crippen molar-refractivity contribution in [2.24, 2.45) is 0 Å². The lowest BCUT2D eigenvalue weighted by Gasteiger charge is -2.11. The number of thioether (sulfide) groups is 1. The fourth-order valence-corrected chi connectivity index (χ4v) is 2.28. The molecule has 0 spiro atoms. The Hall–Kier alpha value is -0.580. The van der Waals surface area contributed by atoms with Crippen molar-refractivity contribution in [3.63, 3.8) is 0 Å². The molecule has 0 aliphatic rings. The van der Waals surface area contributed by atoms with Crippen LogP contribution in [0, 0.1) is 5.82 Å². The quantitative estimate of drug-likeness (QED) is 0.602. The van der Waals surface area contributed by atoms with Gasteiger partial charge in [-0.15, -0.1) is 11.8 Å². The van der Waals surface area contributed by atoms with Crippen molar-refractivity contribution in [3.8, 4) is 0 Å². The van der Waals surface area contributed by atoms with Crippen molar-refractivity contribution in [2.45, 2.75) is 24.3 Å². The maximum absolute atomic E-state index is 12.9. The summed E-state index contributed by atoms with van der Waals surface area (Å²) in [6, 6.07) is 4.40. The largest absolute Gasteiger partial charge is 0.396 e. The molecule has 2 N–H and O–H groups in total. The minimum absolute atomic E-state index is 0.151. The fraction of sp³-hybridized carbons (Fsp3) is 0.455. The average Bonchev–Trinajstić information content (AvgIpc) is 2.20. The van der Waals surface area contributed by atoms with E-state index in [1.807, 2.05) is 0 Å². The molecule has 0 saturated heterocycles. The Morgan fingerprint density at radius 2 is 2.20 bits per heavy atom. The van der Waals surface area contributed by atoms with E-state index in [1.165, 1.54) is 23.9 Å². The minimum Gasteiger partial charge on any atom is -0.396 e. The molecule has 2 nitrogen and oxygen atoms in total. The zero-order valence-electron chi connectivity index (χ0n) is 8.61. The van der Waals surface area contributed by atoms with Crippen LogP contribution in [0.3, 0.4) is 0 Å². The van der Waals surface area contributed by atoms with Gasteiger partial charge in [0, 0.05) is 17.3 Å². The molecule has 0 heterocycles. The number of hydrogen-bond donors (Lipinski definition) is 2. The van der Waals surface area contributed by atoms with Gasteiger partial charge in [-0.1, -0.05) is 0 Å². The highest BCUT2D eigenvalue weighted by Crippen LogP contribution is 2.28. The second kappa shape index (κ2) is 6.10. The van der Waals surface area contributed by atoms with E-state index >= 15 is 0 Å². The van der Waals surface area contributed by atoms with E-state index in [4.69, 9.17) is 5.11 Å². The van der Waals surface area contributed by atoms with E-state index in [0.717, 1.165) is 10.6 Å². The molecular weight excluding hydrogens is 215 g/mol. The van der Waals surface area contributed by atoms with Crippen LogP contribution in [0.25, 0.3) is 0 Å². The van der Waals surface area contributed by atoms with Gasteiger partial charge in [-0.25, -0.2) is 4.39 Å². The molecule has 0 aromatic heterocycles. The molecule has 15 heavy (non-hydrogen) atoms. The Balaban J connectivity index is 2.77. The van der Waals surface area contributed by atoms with Gasteiger partial charge < -0.3 is 10.2 Å². The standard InChI is InChI=1S/C11H15FO2S/c1-8(14)10-7-9(12)3-4-11(10)15-6-2-5-13/h3-4,7-8,13-14H,2,5-6H2,1H3/t8-/m0/s1. The Kier molecular flexibility index (Phi) is 5.08. The van der Waals surface area contributed by atoms with Gasteiger partial charge in [0.05, 0.1) is 6.10 Å². The lowest BCUT2D eigenvalue weighted by molar-refractivity contribution is 0.196. The van der Waals surface area contributed by atoms with Crippen molar-refractivity contribution in [1.29, 1.82) is 0 Å². The summed E-state index contributed by atoms with van der Waals surface area (Å²) >= 11 is 1.52. The van der Waals surface area contributed by atoms with E-state index < -0.39 is 6.10 Å². The third kappa shape index (κ3) is 3.81. The van der Waals surface area contributed by atoms with Gasteiger partial charge in [0.15, 0.2) is 0 Å². The summed E-state index contributed by atoms with van der Waals surface area (Å²) in [4.78, 5) is 0.875. The van der Waals surface area contributed by atoms with Gasteiger partial charge in [-0.3, -0.25) is 0 Å². The summed E-state index contributed by atoms with van der Waals surface area (Å²) in [6.07, 6.45) is 0.0266. The first-order valence-corrected chi connectivity index (χ1v) is 5.85. The highest BCUT2D eigenvalue weighted by molar-refractivity contribution is 7.99. The number of aliphatic hydroxyl groups is 2. The molecule has 0 amide bonds. The summed E-state index contributed by atoms with van der Waals surface area (Å²) in [5.41, 5.74) is 0.609. The van der Waals surface area contributed by atoms with Crippen LogP contribution >= 0.6 is 11.8 Å². The van der Waals surface area contributed by atoms with Gasteiger partial charge in [-0.2, -0.15) is 0 Å². The average molecular weight is 230 g/mol. The molecule has 0 aliphatic heterocycles. The fourth-order valence-electron chi connectivity index (χ4n) is 1.22. The molecule has 4 heteroatoms. The molecule has 1 aromatic rings. The topological polar surface area (TPSA) is 40.5 Å². The monoisotopic (exact) mass is 230 g/mol. The SMILES string of the molecule is C[C@H](O)c1cc(F)ccc1SCCCO. The third-order valence-electron chi connectivity index (χ3n) is 1.98. The number of rotatable bonds is 5. The molecule has 0 saturated carbocycles. The van der Waals surface area contributed by atoms with Gasteiger partial charge in [0.25, 0.3) is 0 Å². The zero-order chi connectivity index (χ0) is 11.3.